The fraction of sp³-hybridized carbons (Fsp3) is 0.933. The van der Waals surface area contributed by atoms with E-state index < -0.39 is 0 Å². The molecule has 0 saturated carbocycles. The summed E-state index contributed by atoms with van der Waals surface area (Å²) < 4.78 is 0. The van der Waals surface area contributed by atoms with Crippen molar-refractivity contribution in [2.75, 3.05) is 26.2 Å². The summed E-state index contributed by atoms with van der Waals surface area (Å²) in [4.78, 5) is 6.96. The van der Waals surface area contributed by atoms with Gasteiger partial charge in [-0.05, 0) is 64.6 Å². The van der Waals surface area contributed by atoms with E-state index in [4.69, 9.17) is 5.73 Å². The van der Waals surface area contributed by atoms with Crippen molar-refractivity contribution in [3.63, 3.8) is 0 Å². The van der Waals surface area contributed by atoms with Crippen LogP contribution in [0.25, 0.3) is 0 Å². The van der Waals surface area contributed by atoms with Gasteiger partial charge in [-0.1, -0.05) is 13.8 Å². The highest BCUT2D eigenvalue weighted by atomic mass is 15.1. The molecule has 0 amide bonds. The minimum atomic E-state index is 0.416. The second-order valence-corrected chi connectivity index (χ2v) is 5.95. The predicted molar refractivity (Wildman–Crippen MR) is 83.5 cm³/mol. The largest absolute Gasteiger partial charge is 0.370 e. The summed E-state index contributed by atoms with van der Waals surface area (Å²) in [6.07, 6.45) is 6.17. The molecule has 4 nitrogen and oxygen atoms in total. The molecular formula is C15H32N4. The van der Waals surface area contributed by atoms with Crippen LogP contribution in [-0.2, 0) is 0 Å². The fourth-order valence-electron chi connectivity index (χ4n) is 2.33. The van der Waals surface area contributed by atoms with E-state index in [1.807, 2.05) is 0 Å². The van der Waals surface area contributed by atoms with Gasteiger partial charge in [0.25, 0.3) is 0 Å². The Kier molecular flexibility index (Phi) is 7.87. The number of rotatable bonds is 7. The monoisotopic (exact) mass is 268 g/mol. The zero-order valence-corrected chi connectivity index (χ0v) is 13.0. The maximum Gasteiger partial charge on any atom is 0.188 e. The average Bonchev–Trinajstić information content (AvgIpc) is 2.40. The third-order valence-electron chi connectivity index (χ3n) is 4.05. The van der Waals surface area contributed by atoms with Gasteiger partial charge in [-0.15, -0.1) is 0 Å². The van der Waals surface area contributed by atoms with Crippen LogP contribution in [0.5, 0.6) is 0 Å². The molecule has 0 aromatic rings. The Morgan fingerprint density at radius 1 is 1.37 bits per heavy atom. The summed E-state index contributed by atoms with van der Waals surface area (Å²) in [5.74, 6) is 1.52. The Bertz CT molecular complexity index is 257. The second kappa shape index (κ2) is 9.18. The van der Waals surface area contributed by atoms with E-state index in [9.17, 15) is 0 Å². The van der Waals surface area contributed by atoms with Crippen molar-refractivity contribution in [3.8, 4) is 0 Å². The molecule has 0 radical (unpaired) electrons. The Labute approximate surface area is 118 Å². The normalized spacial score (nSPS) is 20.5. The van der Waals surface area contributed by atoms with Gasteiger partial charge in [-0.3, -0.25) is 4.99 Å². The highest BCUT2D eigenvalue weighted by Gasteiger charge is 2.14. The lowest BCUT2D eigenvalue weighted by atomic mass is 9.99. The van der Waals surface area contributed by atoms with Gasteiger partial charge in [0.05, 0.1) is 0 Å². The van der Waals surface area contributed by atoms with Gasteiger partial charge in [0.2, 0.25) is 0 Å². The first-order valence-electron chi connectivity index (χ1n) is 7.90. The quantitative estimate of drug-likeness (QED) is 0.423. The number of guanidine groups is 1. The van der Waals surface area contributed by atoms with Crippen molar-refractivity contribution in [1.82, 2.24) is 10.2 Å². The lowest BCUT2D eigenvalue weighted by Crippen LogP contribution is -2.38. The van der Waals surface area contributed by atoms with Crippen LogP contribution in [0, 0.1) is 5.92 Å². The summed E-state index contributed by atoms with van der Waals surface area (Å²) in [6, 6.07) is 0.416. The zero-order valence-electron chi connectivity index (χ0n) is 13.0. The standard InChI is InChI=1S/C15H32N4/c1-4-14(3)18-15(16)17-9-5-6-10-19-11-7-13(2)8-12-19/h13-14H,4-12H2,1-3H3,(H3,16,17,18). The Balaban J connectivity index is 2.02. The van der Waals surface area contributed by atoms with Gasteiger partial charge in [0.1, 0.15) is 0 Å². The van der Waals surface area contributed by atoms with Gasteiger partial charge >= 0.3 is 0 Å². The lowest BCUT2D eigenvalue weighted by Gasteiger charge is -2.30. The lowest BCUT2D eigenvalue weighted by molar-refractivity contribution is 0.190. The Hall–Kier alpha value is -0.770. The molecule has 19 heavy (non-hydrogen) atoms. The predicted octanol–water partition coefficient (Wildman–Crippen LogP) is 2.20. The molecule has 112 valence electrons. The molecule has 1 fully saturated rings. The topological polar surface area (TPSA) is 53.6 Å². The molecule has 1 atom stereocenters. The first-order chi connectivity index (χ1) is 9.11. The summed E-state index contributed by atoms with van der Waals surface area (Å²) >= 11 is 0. The fourth-order valence-corrected chi connectivity index (χ4v) is 2.33. The second-order valence-electron chi connectivity index (χ2n) is 5.95. The zero-order chi connectivity index (χ0) is 14.1. The third-order valence-corrected chi connectivity index (χ3v) is 4.05. The number of aliphatic imine (C=N–C) groups is 1. The van der Waals surface area contributed by atoms with Gasteiger partial charge in [-0.2, -0.15) is 0 Å². The SMILES string of the molecule is CCC(C)NC(N)=NCCCCN1CCC(C)CC1. The van der Waals surface area contributed by atoms with Crippen molar-refractivity contribution in [1.29, 1.82) is 0 Å². The van der Waals surface area contributed by atoms with Crippen LogP contribution in [-0.4, -0.2) is 43.1 Å². The van der Waals surface area contributed by atoms with Crippen molar-refractivity contribution >= 4 is 5.96 Å². The van der Waals surface area contributed by atoms with E-state index in [1.165, 1.54) is 38.9 Å². The van der Waals surface area contributed by atoms with Crippen LogP contribution in [0.1, 0.15) is 52.9 Å². The van der Waals surface area contributed by atoms with E-state index in [2.05, 4.69) is 36.0 Å². The number of hydrogen-bond acceptors (Lipinski definition) is 2. The van der Waals surface area contributed by atoms with Crippen molar-refractivity contribution in [3.05, 3.63) is 0 Å². The molecule has 1 heterocycles. The van der Waals surface area contributed by atoms with E-state index in [0.29, 0.717) is 12.0 Å². The molecule has 0 spiro atoms. The maximum absolute atomic E-state index is 5.82. The Morgan fingerprint density at radius 2 is 2.05 bits per heavy atom. The molecular weight excluding hydrogens is 236 g/mol. The summed E-state index contributed by atoms with van der Waals surface area (Å²) in [6.45, 7) is 11.3. The van der Waals surface area contributed by atoms with Crippen LogP contribution in [0.2, 0.25) is 0 Å². The number of unbranched alkanes of at least 4 members (excludes halogenated alkanes) is 1. The smallest absolute Gasteiger partial charge is 0.188 e. The number of piperidine rings is 1. The molecule has 1 saturated heterocycles. The third kappa shape index (κ3) is 7.41. The highest BCUT2D eigenvalue weighted by molar-refractivity contribution is 5.78. The molecule has 4 heteroatoms. The van der Waals surface area contributed by atoms with E-state index in [0.717, 1.165) is 25.3 Å². The first-order valence-corrected chi connectivity index (χ1v) is 7.90. The molecule has 0 bridgehead atoms. The number of nitrogens with one attached hydrogen (secondary N) is 1. The molecule has 1 aliphatic rings. The highest BCUT2D eigenvalue weighted by Crippen LogP contribution is 2.16. The molecule has 1 unspecified atom stereocenters. The molecule has 1 rings (SSSR count). The van der Waals surface area contributed by atoms with Crippen LogP contribution in [0.15, 0.2) is 4.99 Å². The Morgan fingerprint density at radius 3 is 2.68 bits per heavy atom. The van der Waals surface area contributed by atoms with Gasteiger partial charge in [0, 0.05) is 12.6 Å². The number of likely N-dealkylation sites (tertiary alicyclic amines) is 1. The van der Waals surface area contributed by atoms with E-state index in [1.54, 1.807) is 0 Å². The van der Waals surface area contributed by atoms with E-state index >= 15 is 0 Å². The molecule has 0 aromatic carbocycles. The molecule has 0 aromatic heterocycles. The molecule has 3 N–H and O–H groups in total. The molecule has 1 aliphatic heterocycles. The van der Waals surface area contributed by atoms with E-state index in [-0.39, 0.29) is 0 Å². The minimum Gasteiger partial charge on any atom is -0.370 e. The average molecular weight is 268 g/mol. The molecule has 0 aliphatic carbocycles. The number of nitrogens with two attached hydrogens (primary N) is 1. The van der Waals surface area contributed by atoms with Gasteiger partial charge in [0.15, 0.2) is 5.96 Å². The number of nitrogens with zero attached hydrogens (tertiary/aromatic N) is 2. The van der Waals surface area contributed by atoms with Crippen LogP contribution < -0.4 is 11.1 Å². The van der Waals surface area contributed by atoms with Crippen LogP contribution in [0.3, 0.4) is 0 Å². The maximum atomic E-state index is 5.82. The summed E-state index contributed by atoms with van der Waals surface area (Å²) in [7, 11) is 0. The van der Waals surface area contributed by atoms with Crippen molar-refractivity contribution in [2.24, 2.45) is 16.6 Å². The van der Waals surface area contributed by atoms with Crippen molar-refractivity contribution < 1.29 is 0 Å². The minimum absolute atomic E-state index is 0.416. The van der Waals surface area contributed by atoms with Crippen molar-refractivity contribution in [2.45, 2.75) is 58.9 Å². The van der Waals surface area contributed by atoms with Crippen LogP contribution in [0.4, 0.5) is 0 Å². The van der Waals surface area contributed by atoms with Gasteiger partial charge in [-0.25, -0.2) is 0 Å². The van der Waals surface area contributed by atoms with Gasteiger partial charge < -0.3 is 16.0 Å². The van der Waals surface area contributed by atoms with Crippen LogP contribution >= 0.6 is 0 Å². The number of hydrogen-bond donors (Lipinski definition) is 2. The summed E-state index contributed by atoms with van der Waals surface area (Å²) in [5, 5.41) is 3.19. The summed E-state index contributed by atoms with van der Waals surface area (Å²) in [5.41, 5.74) is 5.82. The first kappa shape index (κ1) is 16.3.